The second-order valence-corrected chi connectivity index (χ2v) is 10.9. The van der Waals surface area contributed by atoms with Crippen molar-refractivity contribution in [3.05, 3.63) is 87.9 Å². The van der Waals surface area contributed by atoms with E-state index in [0.29, 0.717) is 36.2 Å². The molecule has 178 valence electrons. The van der Waals surface area contributed by atoms with Crippen LogP contribution in [0.2, 0.25) is 15.1 Å². The minimum absolute atomic E-state index is 0.0691. The van der Waals surface area contributed by atoms with Gasteiger partial charge < -0.3 is 9.80 Å². The van der Waals surface area contributed by atoms with Crippen LogP contribution in [-0.4, -0.2) is 51.9 Å². The summed E-state index contributed by atoms with van der Waals surface area (Å²) in [5, 5.41) is 1.16. The maximum Gasteiger partial charge on any atom is 0.264 e. The van der Waals surface area contributed by atoms with Gasteiger partial charge in [-0.2, -0.15) is 0 Å². The van der Waals surface area contributed by atoms with Crippen molar-refractivity contribution in [3.63, 3.8) is 0 Å². The molecule has 0 bridgehead atoms. The van der Waals surface area contributed by atoms with Crippen LogP contribution in [0.5, 0.6) is 0 Å². The number of carbonyl (C=O) groups is 1. The highest BCUT2D eigenvalue weighted by Gasteiger charge is 2.31. The minimum atomic E-state index is -4.05. The summed E-state index contributed by atoms with van der Waals surface area (Å²) in [5.41, 5.74) is 1.18. The maximum atomic E-state index is 13.5. The molecule has 3 aromatic carbocycles. The molecule has 34 heavy (non-hydrogen) atoms. The van der Waals surface area contributed by atoms with Crippen LogP contribution >= 0.6 is 34.8 Å². The Morgan fingerprint density at radius 1 is 0.824 bits per heavy atom. The van der Waals surface area contributed by atoms with Crippen molar-refractivity contribution in [1.29, 1.82) is 0 Å². The van der Waals surface area contributed by atoms with Gasteiger partial charge >= 0.3 is 0 Å². The Labute approximate surface area is 214 Å². The van der Waals surface area contributed by atoms with Gasteiger partial charge in [-0.3, -0.25) is 9.10 Å². The molecule has 0 N–H and O–H groups in total. The number of sulfonamides is 1. The topological polar surface area (TPSA) is 60.9 Å². The Balaban J connectivity index is 1.55. The van der Waals surface area contributed by atoms with Gasteiger partial charge in [-0.15, -0.1) is 0 Å². The van der Waals surface area contributed by atoms with Gasteiger partial charge in [-0.05, 0) is 48.5 Å². The van der Waals surface area contributed by atoms with E-state index in [4.69, 9.17) is 34.8 Å². The Morgan fingerprint density at radius 3 is 2.15 bits per heavy atom. The first-order valence-corrected chi connectivity index (χ1v) is 13.1. The summed E-state index contributed by atoms with van der Waals surface area (Å²) in [7, 11) is -4.05. The molecule has 3 aromatic rings. The van der Waals surface area contributed by atoms with Crippen LogP contribution in [0.1, 0.15) is 0 Å². The Morgan fingerprint density at radius 2 is 1.50 bits per heavy atom. The molecule has 0 aromatic heterocycles. The lowest BCUT2D eigenvalue weighted by molar-refractivity contribution is -0.129. The first kappa shape index (κ1) is 24.7. The second kappa shape index (κ2) is 10.4. The summed E-state index contributed by atoms with van der Waals surface area (Å²) in [5.74, 6) is -0.309. The van der Waals surface area contributed by atoms with E-state index in [2.05, 4.69) is 4.90 Å². The van der Waals surface area contributed by atoms with Crippen LogP contribution in [0.4, 0.5) is 11.4 Å². The summed E-state index contributed by atoms with van der Waals surface area (Å²) >= 11 is 18.5. The molecule has 10 heteroatoms. The second-order valence-electron chi connectivity index (χ2n) is 7.77. The van der Waals surface area contributed by atoms with Gasteiger partial charge in [-0.1, -0.05) is 59.1 Å². The predicted molar refractivity (Wildman–Crippen MR) is 138 cm³/mol. The number of benzene rings is 3. The lowest BCUT2D eigenvalue weighted by atomic mass is 10.2. The summed E-state index contributed by atoms with van der Waals surface area (Å²) in [6.45, 7) is 1.76. The maximum absolute atomic E-state index is 13.5. The molecule has 0 aliphatic carbocycles. The molecule has 0 saturated carbocycles. The zero-order valence-electron chi connectivity index (χ0n) is 18.1. The van der Waals surface area contributed by atoms with E-state index < -0.39 is 10.0 Å². The average molecular weight is 539 g/mol. The highest BCUT2D eigenvalue weighted by Crippen LogP contribution is 2.33. The van der Waals surface area contributed by atoms with Crippen molar-refractivity contribution in [2.45, 2.75) is 4.90 Å². The van der Waals surface area contributed by atoms with Crippen molar-refractivity contribution in [1.82, 2.24) is 4.90 Å². The number of piperazine rings is 1. The lowest BCUT2D eigenvalue weighted by Gasteiger charge is -2.37. The van der Waals surface area contributed by atoms with Crippen LogP contribution in [0, 0.1) is 0 Å². The van der Waals surface area contributed by atoms with E-state index >= 15 is 0 Å². The first-order chi connectivity index (χ1) is 16.3. The molecular formula is C24H22Cl3N3O3S. The molecule has 6 nitrogen and oxygen atoms in total. The lowest BCUT2D eigenvalue weighted by Crippen LogP contribution is -2.52. The van der Waals surface area contributed by atoms with Crippen LogP contribution in [0.25, 0.3) is 0 Å². The van der Waals surface area contributed by atoms with Gasteiger partial charge in [0.2, 0.25) is 5.91 Å². The number of hydrogen-bond acceptors (Lipinski definition) is 4. The number of carbonyl (C=O) groups excluding carboxylic acids is 1. The molecule has 1 aliphatic rings. The van der Waals surface area contributed by atoms with Crippen molar-refractivity contribution in [3.8, 4) is 0 Å². The summed E-state index contributed by atoms with van der Waals surface area (Å²) in [4.78, 5) is 17.1. The van der Waals surface area contributed by atoms with Crippen molar-refractivity contribution < 1.29 is 13.2 Å². The minimum Gasteiger partial charge on any atom is -0.368 e. The molecule has 1 amide bonds. The van der Waals surface area contributed by atoms with E-state index in [1.54, 1.807) is 29.2 Å². The van der Waals surface area contributed by atoms with Crippen LogP contribution in [-0.2, 0) is 14.8 Å². The monoisotopic (exact) mass is 537 g/mol. The van der Waals surface area contributed by atoms with Crippen LogP contribution in [0.3, 0.4) is 0 Å². The number of halogens is 3. The molecule has 1 saturated heterocycles. The fourth-order valence-corrected chi connectivity index (χ4v) is 6.01. The standard InChI is InChI=1S/C24H22Cl3N3O3S/c25-18-5-4-6-20(15-18)28-11-13-29(14-12-28)24(31)17-30(23-10-9-19(26)16-22(23)27)34(32,33)21-7-2-1-3-8-21/h1-10,15-16H,11-14,17H2. The van der Waals surface area contributed by atoms with Gasteiger partial charge in [0, 0.05) is 41.9 Å². The van der Waals surface area contributed by atoms with Crippen LogP contribution < -0.4 is 9.21 Å². The van der Waals surface area contributed by atoms with E-state index in [9.17, 15) is 13.2 Å². The number of nitrogens with zero attached hydrogens (tertiary/aromatic N) is 3. The molecule has 1 fully saturated rings. The molecule has 1 aliphatic heterocycles. The van der Waals surface area contributed by atoms with Crippen LogP contribution in [0.15, 0.2) is 77.7 Å². The fraction of sp³-hybridized carbons (Fsp3) is 0.208. The number of anilines is 2. The van der Waals surface area contributed by atoms with E-state index in [1.165, 1.54) is 24.3 Å². The Bertz CT molecular complexity index is 1280. The normalized spacial score (nSPS) is 14.2. The molecule has 1 heterocycles. The summed E-state index contributed by atoms with van der Waals surface area (Å²) in [6, 6.07) is 20.0. The highest BCUT2D eigenvalue weighted by molar-refractivity contribution is 7.92. The molecular weight excluding hydrogens is 517 g/mol. The van der Waals surface area contributed by atoms with E-state index in [0.717, 1.165) is 9.99 Å². The fourth-order valence-electron chi connectivity index (χ4n) is 3.81. The van der Waals surface area contributed by atoms with Gasteiger partial charge in [-0.25, -0.2) is 8.42 Å². The quantitative estimate of drug-likeness (QED) is 0.433. The largest absolute Gasteiger partial charge is 0.368 e. The third-order valence-corrected chi connectivity index (χ3v) is 8.14. The number of rotatable bonds is 6. The smallest absolute Gasteiger partial charge is 0.264 e. The zero-order chi connectivity index (χ0) is 24.3. The molecule has 0 unspecified atom stereocenters. The van der Waals surface area contributed by atoms with E-state index in [1.807, 2.05) is 24.3 Å². The van der Waals surface area contributed by atoms with Crippen molar-refractivity contribution in [2.75, 3.05) is 41.9 Å². The number of amides is 1. The van der Waals surface area contributed by atoms with E-state index in [-0.39, 0.29) is 28.1 Å². The Hall–Kier alpha value is -2.45. The molecule has 4 rings (SSSR count). The van der Waals surface area contributed by atoms with Gasteiger partial charge in [0.1, 0.15) is 6.54 Å². The van der Waals surface area contributed by atoms with Crippen molar-refractivity contribution >= 4 is 62.1 Å². The Kier molecular flexibility index (Phi) is 7.57. The predicted octanol–water partition coefficient (Wildman–Crippen LogP) is 5.19. The SMILES string of the molecule is O=C(CN(c1ccc(Cl)cc1Cl)S(=O)(=O)c1ccccc1)N1CCN(c2cccc(Cl)c2)CC1. The average Bonchev–Trinajstić information content (AvgIpc) is 2.83. The summed E-state index contributed by atoms with van der Waals surface area (Å²) in [6.07, 6.45) is 0. The van der Waals surface area contributed by atoms with Gasteiger partial charge in [0.05, 0.1) is 15.6 Å². The molecule has 0 radical (unpaired) electrons. The number of hydrogen-bond donors (Lipinski definition) is 0. The highest BCUT2D eigenvalue weighted by atomic mass is 35.5. The third kappa shape index (κ3) is 5.44. The molecule has 0 atom stereocenters. The third-order valence-electron chi connectivity index (χ3n) is 5.59. The summed E-state index contributed by atoms with van der Waals surface area (Å²) < 4.78 is 28.0. The molecule has 0 spiro atoms. The van der Waals surface area contributed by atoms with Gasteiger partial charge in [0.25, 0.3) is 10.0 Å². The van der Waals surface area contributed by atoms with Gasteiger partial charge in [0.15, 0.2) is 0 Å². The first-order valence-electron chi connectivity index (χ1n) is 10.6. The zero-order valence-corrected chi connectivity index (χ0v) is 21.2. The van der Waals surface area contributed by atoms with Crippen molar-refractivity contribution in [2.24, 2.45) is 0 Å².